The molecule has 1 amide bonds. The molecule has 1 aliphatic rings. The van der Waals surface area contributed by atoms with Crippen LogP contribution < -0.4 is 9.47 Å². The van der Waals surface area contributed by atoms with Crippen LogP contribution in [0.2, 0.25) is 0 Å². The molecule has 1 unspecified atom stereocenters. The second-order valence-corrected chi connectivity index (χ2v) is 6.35. The van der Waals surface area contributed by atoms with Gasteiger partial charge in [-0.2, -0.15) is 9.97 Å². The minimum absolute atomic E-state index is 0.0868. The predicted octanol–water partition coefficient (Wildman–Crippen LogP) is 2.26. The molecule has 3 heterocycles. The number of benzene rings is 1. The molecule has 8 heteroatoms. The number of pyridine rings is 1. The number of hydrogen-bond acceptors (Lipinski definition) is 7. The van der Waals surface area contributed by atoms with Gasteiger partial charge < -0.3 is 19.1 Å². The van der Waals surface area contributed by atoms with E-state index in [4.69, 9.17) is 14.2 Å². The molecule has 144 valence electrons. The first-order chi connectivity index (χ1) is 13.7. The minimum Gasteiger partial charge on any atom is -0.481 e. The normalized spacial score (nSPS) is 16.8. The van der Waals surface area contributed by atoms with Crippen molar-refractivity contribution in [2.45, 2.75) is 6.10 Å². The molecule has 8 nitrogen and oxygen atoms in total. The zero-order valence-corrected chi connectivity index (χ0v) is 15.7. The molecule has 0 spiro atoms. The standard InChI is InChI=1S/C20H20N4O4/c1-26-18-10-16(22-20(23-18)27-2)19(25)24-7-8-28-17(12-24)15-9-13-5-3-4-6-14(13)11-21-15/h3-6,9-11,17H,7-8,12H2,1-2H3. The van der Waals surface area contributed by atoms with Crippen molar-refractivity contribution >= 4 is 16.7 Å². The number of carbonyl (C=O) groups excluding carboxylic acids is 1. The lowest BCUT2D eigenvalue weighted by molar-refractivity contribution is -0.0248. The van der Waals surface area contributed by atoms with Gasteiger partial charge in [-0.25, -0.2) is 0 Å². The van der Waals surface area contributed by atoms with Crippen molar-refractivity contribution in [3.63, 3.8) is 0 Å². The van der Waals surface area contributed by atoms with Gasteiger partial charge in [-0.15, -0.1) is 0 Å². The average molecular weight is 380 g/mol. The van der Waals surface area contributed by atoms with Crippen molar-refractivity contribution in [3.05, 3.63) is 54.0 Å². The molecule has 1 atom stereocenters. The van der Waals surface area contributed by atoms with Crippen LogP contribution in [0.15, 0.2) is 42.6 Å². The topological polar surface area (TPSA) is 86.7 Å². The summed E-state index contributed by atoms with van der Waals surface area (Å²) in [6.45, 7) is 1.28. The Balaban J connectivity index is 1.57. The number of fused-ring (bicyclic) bond motifs is 1. The molecule has 0 bridgehead atoms. The van der Waals surface area contributed by atoms with Crippen molar-refractivity contribution in [2.75, 3.05) is 33.9 Å². The summed E-state index contributed by atoms with van der Waals surface area (Å²) < 4.78 is 16.1. The summed E-state index contributed by atoms with van der Waals surface area (Å²) in [7, 11) is 2.92. The van der Waals surface area contributed by atoms with E-state index in [9.17, 15) is 4.79 Å². The third-order valence-electron chi connectivity index (χ3n) is 4.63. The highest BCUT2D eigenvalue weighted by Gasteiger charge is 2.28. The van der Waals surface area contributed by atoms with Gasteiger partial charge in [0.05, 0.1) is 33.1 Å². The molecule has 0 radical (unpaired) electrons. The van der Waals surface area contributed by atoms with Gasteiger partial charge in [0.15, 0.2) is 0 Å². The third-order valence-corrected chi connectivity index (χ3v) is 4.63. The van der Waals surface area contributed by atoms with Crippen molar-refractivity contribution in [1.82, 2.24) is 19.9 Å². The number of morpholine rings is 1. The number of hydrogen-bond donors (Lipinski definition) is 0. The van der Waals surface area contributed by atoms with E-state index in [0.717, 1.165) is 16.5 Å². The first kappa shape index (κ1) is 18.1. The lowest BCUT2D eigenvalue weighted by Gasteiger charge is -2.32. The summed E-state index contributed by atoms with van der Waals surface area (Å²) in [5.74, 6) is 0.0456. The Morgan fingerprint density at radius 3 is 2.75 bits per heavy atom. The second kappa shape index (κ2) is 7.77. The number of methoxy groups -OCH3 is 2. The molecule has 4 rings (SSSR count). The molecule has 1 fully saturated rings. The summed E-state index contributed by atoms with van der Waals surface area (Å²) in [5.41, 5.74) is 1.02. The average Bonchev–Trinajstić information content (AvgIpc) is 2.77. The van der Waals surface area contributed by atoms with Crippen molar-refractivity contribution in [2.24, 2.45) is 0 Å². The van der Waals surface area contributed by atoms with Gasteiger partial charge in [0.2, 0.25) is 5.88 Å². The number of amides is 1. The van der Waals surface area contributed by atoms with E-state index >= 15 is 0 Å². The Bertz CT molecular complexity index is 988. The number of rotatable bonds is 4. The fourth-order valence-electron chi connectivity index (χ4n) is 3.16. The summed E-state index contributed by atoms with van der Waals surface area (Å²) >= 11 is 0. The molecular weight excluding hydrogens is 360 g/mol. The van der Waals surface area contributed by atoms with Gasteiger partial charge in [0.25, 0.3) is 5.91 Å². The molecule has 1 saturated heterocycles. The highest BCUT2D eigenvalue weighted by molar-refractivity contribution is 5.92. The first-order valence-corrected chi connectivity index (χ1v) is 8.90. The maximum absolute atomic E-state index is 13.0. The van der Waals surface area contributed by atoms with Crippen LogP contribution in [0.1, 0.15) is 22.3 Å². The van der Waals surface area contributed by atoms with Gasteiger partial charge in [-0.3, -0.25) is 9.78 Å². The van der Waals surface area contributed by atoms with Gasteiger partial charge in [-0.05, 0) is 11.5 Å². The predicted molar refractivity (Wildman–Crippen MR) is 101 cm³/mol. The van der Waals surface area contributed by atoms with Gasteiger partial charge in [0.1, 0.15) is 11.8 Å². The highest BCUT2D eigenvalue weighted by Crippen LogP contribution is 2.25. The van der Waals surface area contributed by atoms with E-state index < -0.39 is 0 Å². The van der Waals surface area contributed by atoms with Gasteiger partial charge >= 0.3 is 6.01 Å². The SMILES string of the molecule is COc1cc(C(=O)N2CCOC(c3cc4ccccc4cn3)C2)nc(OC)n1. The zero-order chi connectivity index (χ0) is 19.5. The Labute approximate surface area is 162 Å². The van der Waals surface area contributed by atoms with Crippen molar-refractivity contribution in [1.29, 1.82) is 0 Å². The summed E-state index contributed by atoms with van der Waals surface area (Å²) in [6.07, 6.45) is 1.53. The largest absolute Gasteiger partial charge is 0.481 e. The quantitative estimate of drug-likeness (QED) is 0.686. The summed E-state index contributed by atoms with van der Waals surface area (Å²) in [4.78, 5) is 27.4. The number of carbonyl (C=O) groups is 1. The van der Waals surface area contributed by atoms with E-state index in [1.807, 2.05) is 36.5 Å². The van der Waals surface area contributed by atoms with E-state index in [2.05, 4.69) is 15.0 Å². The lowest BCUT2D eigenvalue weighted by Crippen LogP contribution is -2.42. The number of aromatic nitrogens is 3. The minimum atomic E-state index is -0.298. The van der Waals surface area contributed by atoms with Crippen LogP contribution >= 0.6 is 0 Å². The Morgan fingerprint density at radius 2 is 1.96 bits per heavy atom. The highest BCUT2D eigenvalue weighted by atomic mass is 16.5. The fourth-order valence-corrected chi connectivity index (χ4v) is 3.16. The second-order valence-electron chi connectivity index (χ2n) is 6.35. The molecule has 3 aromatic rings. The summed E-state index contributed by atoms with van der Waals surface area (Å²) in [5, 5.41) is 2.15. The third kappa shape index (κ3) is 3.59. The van der Waals surface area contributed by atoms with Crippen LogP contribution in [0, 0.1) is 0 Å². The van der Waals surface area contributed by atoms with Gasteiger partial charge in [-0.1, -0.05) is 24.3 Å². The van der Waals surface area contributed by atoms with Crippen LogP contribution in [0.4, 0.5) is 0 Å². The van der Waals surface area contributed by atoms with Crippen molar-refractivity contribution in [3.8, 4) is 11.9 Å². The molecule has 1 aliphatic heterocycles. The van der Waals surface area contributed by atoms with Crippen molar-refractivity contribution < 1.29 is 19.0 Å². The molecule has 0 aliphatic carbocycles. The van der Waals surface area contributed by atoms with E-state index in [-0.39, 0.29) is 29.6 Å². The van der Waals surface area contributed by atoms with Gasteiger partial charge in [0, 0.05) is 24.2 Å². The number of nitrogens with zero attached hydrogens (tertiary/aromatic N) is 4. The van der Waals surface area contributed by atoms with E-state index in [1.165, 1.54) is 20.3 Å². The van der Waals surface area contributed by atoms with E-state index in [0.29, 0.717) is 19.7 Å². The van der Waals surface area contributed by atoms with E-state index in [1.54, 1.807) is 4.90 Å². The Morgan fingerprint density at radius 1 is 1.14 bits per heavy atom. The maximum atomic E-state index is 13.0. The van der Waals surface area contributed by atoms with Crippen LogP contribution in [0.25, 0.3) is 10.8 Å². The summed E-state index contributed by atoms with van der Waals surface area (Å²) in [6, 6.07) is 11.6. The Kier molecular flexibility index (Phi) is 5.03. The molecular formula is C20H20N4O4. The number of ether oxygens (including phenoxy) is 3. The maximum Gasteiger partial charge on any atom is 0.320 e. The lowest BCUT2D eigenvalue weighted by atomic mass is 10.1. The molecule has 1 aromatic carbocycles. The van der Waals surface area contributed by atoms with Crippen LogP contribution in [-0.2, 0) is 4.74 Å². The Hall–Kier alpha value is -3.26. The van der Waals surface area contributed by atoms with Crippen LogP contribution in [-0.4, -0.2) is 59.7 Å². The first-order valence-electron chi connectivity index (χ1n) is 8.90. The fraction of sp³-hybridized carbons (Fsp3) is 0.300. The molecule has 0 N–H and O–H groups in total. The monoisotopic (exact) mass is 380 g/mol. The smallest absolute Gasteiger partial charge is 0.320 e. The molecule has 28 heavy (non-hydrogen) atoms. The zero-order valence-electron chi connectivity index (χ0n) is 15.7. The van der Waals surface area contributed by atoms with Crippen LogP contribution in [0.3, 0.4) is 0 Å². The van der Waals surface area contributed by atoms with Crippen LogP contribution in [0.5, 0.6) is 11.9 Å². The molecule has 2 aromatic heterocycles. The molecule has 0 saturated carbocycles.